The van der Waals surface area contributed by atoms with Crippen LogP contribution in [0.15, 0.2) is 29.4 Å². The van der Waals surface area contributed by atoms with E-state index in [9.17, 15) is 9.50 Å². The lowest BCUT2D eigenvalue weighted by atomic mass is 9.90. The van der Waals surface area contributed by atoms with E-state index in [1.54, 1.807) is 23.9 Å². The van der Waals surface area contributed by atoms with E-state index >= 15 is 0 Å². The molecule has 4 rings (SSSR count). The highest BCUT2D eigenvalue weighted by Crippen LogP contribution is 2.42. The first kappa shape index (κ1) is 15.1. The zero-order valence-corrected chi connectivity index (χ0v) is 13.4. The summed E-state index contributed by atoms with van der Waals surface area (Å²) in [4.78, 5) is 0. The quantitative estimate of drug-likeness (QED) is 0.822. The molecule has 1 aromatic carbocycles. The van der Waals surface area contributed by atoms with Gasteiger partial charge in [-0.25, -0.2) is 4.39 Å². The molecule has 0 spiro atoms. The van der Waals surface area contributed by atoms with Gasteiger partial charge in [-0.05, 0) is 25.0 Å². The van der Waals surface area contributed by atoms with E-state index in [0.29, 0.717) is 30.6 Å². The zero-order valence-electron chi connectivity index (χ0n) is 12.6. The van der Waals surface area contributed by atoms with Crippen LogP contribution in [-0.2, 0) is 4.74 Å². The molecule has 2 aromatic rings. The average Bonchev–Trinajstić information content (AvgIpc) is 3.28. The monoisotopic (exact) mass is 335 g/mol. The highest BCUT2D eigenvalue weighted by atomic mass is 32.2. The Morgan fingerprint density at radius 2 is 2.09 bits per heavy atom. The first-order chi connectivity index (χ1) is 11.2. The number of rotatable bonds is 6. The van der Waals surface area contributed by atoms with E-state index in [1.807, 2.05) is 10.6 Å². The number of thioether (sulfide) groups is 1. The first-order valence-electron chi connectivity index (χ1n) is 7.74. The van der Waals surface area contributed by atoms with E-state index in [1.165, 1.54) is 6.07 Å². The second-order valence-electron chi connectivity index (χ2n) is 6.33. The van der Waals surface area contributed by atoms with E-state index in [-0.39, 0.29) is 17.8 Å². The minimum Gasteiger partial charge on any atom is -0.396 e. The van der Waals surface area contributed by atoms with Gasteiger partial charge in [0, 0.05) is 17.2 Å². The molecule has 1 N–H and O–H groups in total. The zero-order chi connectivity index (χ0) is 15.9. The van der Waals surface area contributed by atoms with Crippen LogP contribution in [0.1, 0.15) is 18.9 Å². The van der Waals surface area contributed by atoms with Crippen LogP contribution in [0.4, 0.5) is 4.39 Å². The van der Waals surface area contributed by atoms with Crippen molar-refractivity contribution in [3.63, 3.8) is 0 Å². The molecule has 1 aliphatic heterocycles. The van der Waals surface area contributed by atoms with Gasteiger partial charge in [0.15, 0.2) is 11.0 Å². The first-order valence-corrected chi connectivity index (χ1v) is 8.72. The maximum atomic E-state index is 14.1. The van der Waals surface area contributed by atoms with Crippen LogP contribution in [0.2, 0.25) is 0 Å². The average molecular weight is 335 g/mol. The lowest BCUT2D eigenvalue weighted by Gasteiger charge is -2.39. The number of hydrogen-bond donors (Lipinski definition) is 1. The lowest BCUT2D eigenvalue weighted by Crippen LogP contribution is -2.47. The summed E-state index contributed by atoms with van der Waals surface area (Å²) in [6.45, 7) is 1.26. The van der Waals surface area contributed by atoms with Gasteiger partial charge in [0.25, 0.3) is 0 Å². The summed E-state index contributed by atoms with van der Waals surface area (Å²) >= 11 is 1.57. The SMILES string of the molecule is OCC1(CSc2nnc(-c3ccccc3F)n2C2CC2)COC1. The molecule has 2 aliphatic rings. The van der Waals surface area contributed by atoms with E-state index in [2.05, 4.69) is 10.2 Å². The van der Waals surface area contributed by atoms with Gasteiger partial charge in [0.1, 0.15) is 5.82 Å². The van der Waals surface area contributed by atoms with Crippen molar-refractivity contribution in [1.29, 1.82) is 0 Å². The Kier molecular flexibility index (Phi) is 3.87. The van der Waals surface area contributed by atoms with Gasteiger partial charge in [-0.1, -0.05) is 23.9 Å². The van der Waals surface area contributed by atoms with Crippen LogP contribution in [0.25, 0.3) is 11.4 Å². The van der Waals surface area contributed by atoms with Crippen LogP contribution in [-0.4, -0.2) is 45.4 Å². The molecule has 0 bridgehead atoms. The van der Waals surface area contributed by atoms with Crippen LogP contribution in [0.5, 0.6) is 0 Å². The largest absolute Gasteiger partial charge is 0.396 e. The smallest absolute Gasteiger partial charge is 0.191 e. The molecule has 23 heavy (non-hydrogen) atoms. The number of benzene rings is 1. The number of ether oxygens (including phenoxy) is 1. The lowest BCUT2D eigenvalue weighted by molar-refractivity contribution is -0.121. The standard InChI is InChI=1S/C16H18FN3O2S/c17-13-4-2-1-3-12(13)14-18-19-15(20(14)11-5-6-11)23-10-16(7-21)8-22-9-16/h1-4,11,21H,5-10H2. The maximum absolute atomic E-state index is 14.1. The Morgan fingerprint density at radius 3 is 2.70 bits per heavy atom. The predicted octanol–water partition coefficient (Wildman–Crippen LogP) is 2.52. The molecule has 0 radical (unpaired) electrons. The molecule has 7 heteroatoms. The molecule has 0 amide bonds. The summed E-state index contributed by atoms with van der Waals surface area (Å²) in [5.74, 6) is 1.04. The predicted molar refractivity (Wildman–Crippen MR) is 84.7 cm³/mol. The molecule has 2 heterocycles. The molecule has 0 unspecified atom stereocenters. The van der Waals surface area contributed by atoms with Crippen molar-refractivity contribution in [2.75, 3.05) is 25.6 Å². The van der Waals surface area contributed by atoms with Crippen molar-refractivity contribution in [2.24, 2.45) is 5.41 Å². The molecule has 1 aliphatic carbocycles. The summed E-state index contributed by atoms with van der Waals surface area (Å²) in [6.07, 6.45) is 2.14. The Balaban J connectivity index is 1.62. The van der Waals surface area contributed by atoms with Gasteiger partial charge in [-0.2, -0.15) is 0 Å². The van der Waals surface area contributed by atoms with Crippen molar-refractivity contribution in [1.82, 2.24) is 14.8 Å². The summed E-state index contributed by atoms with van der Waals surface area (Å²) in [5.41, 5.74) is 0.311. The summed E-state index contributed by atoms with van der Waals surface area (Å²) in [6, 6.07) is 7.02. The second kappa shape index (κ2) is 5.89. The van der Waals surface area contributed by atoms with Gasteiger partial charge < -0.3 is 9.84 Å². The Labute approximate surface area is 137 Å². The number of halogens is 1. The van der Waals surface area contributed by atoms with Gasteiger partial charge in [-0.3, -0.25) is 4.57 Å². The van der Waals surface area contributed by atoms with E-state index < -0.39 is 0 Å². The minimum atomic E-state index is -0.280. The van der Waals surface area contributed by atoms with Gasteiger partial charge in [-0.15, -0.1) is 10.2 Å². The normalized spacial score (nSPS) is 19.6. The van der Waals surface area contributed by atoms with Crippen LogP contribution >= 0.6 is 11.8 Å². The summed E-state index contributed by atoms with van der Waals surface area (Å²) < 4.78 is 21.4. The van der Waals surface area contributed by atoms with Gasteiger partial charge in [0.05, 0.1) is 25.4 Å². The fourth-order valence-electron chi connectivity index (χ4n) is 2.69. The fourth-order valence-corrected chi connectivity index (χ4v) is 3.86. The van der Waals surface area contributed by atoms with Crippen molar-refractivity contribution in [3.8, 4) is 11.4 Å². The summed E-state index contributed by atoms with van der Waals surface area (Å²) in [7, 11) is 0. The third-order valence-electron chi connectivity index (χ3n) is 4.35. The third-order valence-corrected chi connectivity index (χ3v) is 5.64. The molecular weight excluding hydrogens is 317 g/mol. The van der Waals surface area contributed by atoms with Crippen LogP contribution in [0.3, 0.4) is 0 Å². The van der Waals surface area contributed by atoms with Gasteiger partial charge in [0.2, 0.25) is 0 Å². The number of nitrogens with zero attached hydrogens (tertiary/aromatic N) is 3. The molecule has 0 atom stereocenters. The summed E-state index contributed by atoms with van der Waals surface area (Å²) in [5, 5.41) is 18.9. The van der Waals surface area contributed by atoms with Gasteiger partial charge >= 0.3 is 0 Å². The van der Waals surface area contributed by atoms with Crippen molar-refractivity contribution < 1.29 is 14.2 Å². The molecule has 122 valence electrons. The van der Waals surface area contributed by atoms with Crippen molar-refractivity contribution >= 4 is 11.8 Å². The fraction of sp³-hybridized carbons (Fsp3) is 0.500. The molecular formula is C16H18FN3O2S. The molecule has 1 aromatic heterocycles. The molecule has 2 fully saturated rings. The third kappa shape index (κ3) is 2.77. The van der Waals surface area contributed by atoms with Crippen molar-refractivity contribution in [2.45, 2.75) is 24.0 Å². The Bertz CT molecular complexity index is 708. The number of aliphatic hydroxyl groups is 1. The highest BCUT2D eigenvalue weighted by molar-refractivity contribution is 7.99. The Hall–Kier alpha value is -1.44. The highest BCUT2D eigenvalue weighted by Gasteiger charge is 2.39. The van der Waals surface area contributed by atoms with E-state index in [4.69, 9.17) is 4.74 Å². The minimum absolute atomic E-state index is 0.109. The molecule has 1 saturated carbocycles. The van der Waals surface area contributed by atoms with E-state index in [0.717, 1.165) is 23.8 Å². The number of hydrogen-bond acceptors (Lipinski definition) is 5. The topological polar surface area (TPSA) is 60.2 Å². The molecule has 1 saturated heterocycles. The second-order valence-corrected chi connectivity index (χ2v) is 7.27. The Morgan fingerprint density at radius 1 is 1.30 bits per heavy atom. The maximum Gasteiger partial charge on any atom is 0.191 e. The molecule has 5 nitrogen and oxygen atoms in total. The number of aromatic nitrogens is 3. The number of aliphatic hydroxyl groups excluding tert-OH is 1. The van der Waals surface area contributed by atoms with Crippen LogP contribution < -0.4 is 0 Å². The van der Waals surface area contributed by atoms with Crippen molar-refractivity contribution in [3.05, 3.63) is 30.1 Å². The van der Waals surface area contributed by atoms with Crippen LogP contribution in [0, 0.1) is 11.2 Å².